The molecule has 3 aromatic rings. The Morgan fingerprint density at radius 2 is 1.77 bits per heavy atom. The highest BCUT2D eigenvalue weighted by molar-refractivity contribution is 6.00. The standard InChI is InChI=1S/C25H28FN3O2/c1-18-16-27(2)24(23(18)20-7-5-4-6-8-20)25(30)29-13-11-28(12-14-29)17-19-9-10-22(31-3)21(26)15-19/h4-10,15-16H,11-14,17H2,1-3H3. The van der Waals surface area contributed by atoms with Crippen LogP contribution >= 0.6 is 0 Å². The largest absolute Gasteiger partial charge is 0.494 e. The molecule has 0 spiro atoms. The molecule has 0 N–H and O–H groups in total. The normalized spacial score (nSPS) is 14.6. The number of aromatic nitrogens is 1. The molecule has 2 heterocycles. The smallest absolute Gasteiger partial charge is 0.271 e. The van der Waals surface area contributed by atoms with E-state index in [1.807, 2.05) is 66.0 Å². The number of benzene rings is 2. The molecule has 31 heavy (non-hydrogen) atoms. The predicted octanol–water partition coefficient (Wildman–Crippen LogP) is 4.11. The number of hydrogen-bond acceptors (Lipinski definition) is 3. The third kappa shape index (κ3) is 4.35. The second-order valence-corrected chi connectivity index (χ2v) is 8.05. The van der Waals surface area contributed by atoms with Gasteiger partial charge in [-0.15, -0.1) is 0 Å². The molecule has 0 aliphatic carbocycles. The van der Waals surface area contributed by atoms with E-state index in [1.54, 1.807) is 6.07 Å². The maximum Gasteiger partial charge on any atom is 0.271 e. The van der Waals surface area contributed by atoms with E-state index in [4.69, 9.17) is 4.74 Å². The number of ether oxygens (including phenoxy) is 1. The van der Waals surface area contributed by atoms with Gasteiger partial charge in [-0.3, -0.25) is 9.69 Å². The van der Waals surface area contributed by atoms with Crippen molar-refractivity contribution < 1.29 is 13.9 Å². The molecule has 6 heteroatoms. The van der Waals surface area contributed by atoms with Gasteiger partial charge in [0.05, 0.1) is 7.11 Å². The van der Waals surface area contributed by atoms with Crippen LogP contribution in [0.3, 0.4) is 0 Å². The van der Waals surface area contributed by atoms with Gasteiger partial charge in [-0.2, -0.15) is 0 Å². The molecule has 1 aliphatic rings. The number of methoxy groups -OCH3 is 1. The van der Waals surface area contributed by atoms with Crippen LogP contribution in [-0.2, 0) is 13.6 Å². The summed E-state index contributed by atoms with van der Waals surface area (Å²) in [5.41, 5.74) is 4.79. The summed E-state index contributed by atoms with van der Waals surface area (Å²) in [7, 11) is 3.40. The van der Waals surface area contributed by atoms with Gasteiger partial charge in [-0.05, 0) is 35.7 Å². The highest BCUT2D eigenvalue weighted by Gasteiger charge is 2.27. The molecule has 2 aromatic carbocycles. The minimum absolute atomic E-state index is 0.0598. The van der Waals surface area contributed by atoms with Crippen molar-refractivity contribution in [1.29, 1.82) is 0 Å². The first-order valence-electron chi connectivity index (χ1n) is 10.5. The lowest BCUT2D eigenvalue weighted by atomic mass is 10.0. The van der Waals surface area contributed by atoms with Crippen molar-refractivity contribution in [2.75, 3.05) is 33.3 Å². The first kappa shape index (κ1) is 21.1. The van der Waals surface area contributed by atoms with Gasteiger partial charge >= 0.3 is 0 Å². The summed E-state index contributed by atoms with van der Waals surface area (Å²) in [6.07, 6.45) is 2.02. The summed E-state index contributed by atoms with van der Waals surface area (Å²) in [5, 5.41) is 0. The fourth-order valence-electron chi connectivity index (χ4n) is 4.33. The first-order chi connectivity index (χ1) is 15.0. The number of aryl methyl sites for hydroxylation is 2. The first-order valence-corrected chi connectivity index (χ1v) is 10.5. The zero-order valence-corrected chi connectivity index (χ0v) is 18.3. The highest BCUT2D eigenvalue weighted by atomic mass is 19.1. The van der Waals surface area contributed by atoms with Crippen LogP contribution < -0.4 is 4.74 Å². The van der Waals surface area contributed by atoms with E-state index in [1.165, 1.54) is 13.2 Å². The van der Waals surface area contributed by atoms with Crippen molar-refractivity contribution >= 4 is 5.91 Å². The molecule has 1 aliphatic heterocycles. The number of carbonyl (C=O) groups excluding carboxylic acids is 1. The summed E-state index contributed by atoms with van der Waals surface area (Å²) in [6.45, 7) is 5.51. The molecule has 0 radical (unpaired) electrons. The van der Waals surface area contributed by atoms with E-state index in [0.29, 0.717) is 19.6 Å². The molecule has 0 saturated carbocycles. The molecule has 5 nitrogen and oxygen atoms in total. The Morgan fingerprint density at radius 1 is 1.06 bits per heavy atom. The lowest BCUT2D eigenvalue weighted by molar-refractivity contribution is 0.0620. The Bertz CT molecular complexity index is 1070. The minimum atomic E-state index is -0.346. The number of piperazine rings is 1. The fourth-order valence-corrected chi connectivity index (χ4v) is 4.33. The molecule has 162 valence electrons. The maximum absolute atomic E-state index is 14.0. The number of halogens is 1. The third-order valence-electron chi connectivity index (χ3n) is 5.92. The number of amides is 1. The molecule has 1 amide bonds. The van der Waals surface area contributed by atoms with E-state index in [2.05, 4.69) is 4.90 Å². The lowest BCUT2D eigenvalue weighted by Gasteiger charge is -2.35. The van der Waals surface area contributed by atoms with Crippen LogP contribution in [0.2, 0.25) is 0 Å². The zero-order chi connectivity index (χ0) is 22.0. The third-order valence-corrected chi connectivity index (χ3v) is 5.92. The Kier molecular flexibility index (Phi) is 6.09. The topological polar surface area (TPSA) is 37.7 Å². The lowest BCUT2D eigenvalue weighted by Crippen LogP contribution is -2.48. The zero-order valence-electron chi connectivity index (χ0n) is 18.3. The Labute approximate surface area is 182 Å². The predicted molar refractivity (Wildman–Crippen MR) is 120 cm³/mol. The highest BCUT2D eigenvalue weighted by Crippen LogP contribution is 2.30. The van der Waals surface area contributed by atoms with Crippen molar-refractivity contribution in [3.8, 4) is 16.9 Å². The fraction of sp³-hybridized carbons (Fsp3) is 0.320. The van der Waals surface area contributed by atoms with E-state index in [0.717, 1.165) is 41.0 Å². The molecule has 1 saturated heterocycles. The number of carbonyl (C=O) groups is 1. The molecule has 1 fully saturated rings. The van der Waals surface area contributed by atoms with Gasteiger partial charge in [0.2, 0.25) is 0 Å². The van der Waals surface area contributed by atoms with Gasteiger partial charge in [0.25, 0.3) is 5.91 Å². The van der Waals surface area contributed by atoms with Gasteiger partial charge in [-0.1, -0.05) is 36.4 Å². The van der Waals surface area contributed by atoms with E-state index < -0.39 is 0 Å². The maximum atomic E-state index is 14.0. The summed E-state index contributed by atoms with van der Waals surface area (Å²) in [6, 6.07) is 15.1. The van der Waals surface area contributed by atoms with Crippen LogP contribution in [0.5, 0.6) is 5.75 Å². The summed E-state index contributed by atoms with van der Waals surface area (Å²) < 4.78 is 20.9. The van der Waals surface area contributed by atoms with Crippen molar-refractivity contribution in [1.82, 2.24) is 14.4 Å². The van der Waals surface area contributed by atoms with E-state index in [9.17, 15) is 9.18 Å². The van der Waals surface area contributed by atoms with Crippen LogP contribution in [-0.4, -0.2) is 53.6 Å². The average Bonchev–Trinajstić information content (AvgIpc) is 3.08. The molecule has 4 rings (SSSR count). The van der Waals surface area contributed by atoms with Crippen LogP contribution in [0.25, 0.3) is 11.1 Å². The second-order valence-electron chi connectivity index (χ2n) is 8.05. The SMILES string of the molecule is COc1ccc(CN2CCN(C(=O)c3c(-c4ccccc4)c(C)cn3C)CC2)cc1F. The second kappa shape index (κ2) is 8.94. The van der Waals surface area contributed by atoms with Gasteiger partial charge in [0.1, 0.15) is 5.69 Å². The van der Waals surface area contributed by atoms with Crippen molar-refractivity contribution in [2.45, 2.75) is 13.5 Å². The molecular formula is C25H28FN3O2. The molecule has 0 atom stereocenters. The summed E-state index contributed by atoms with van der Waals surface area (Å²) >= 11 is 0. The van der Waals surface area contributed by atoms with Crippen LogP contribution in [0, 0.1) is 12.7 Å². The van der Waals surface area contributed by atoms with Crippen LogP contribution in [0.15, 0.2) is 54.7 Å². The molecule has 0 bridgehead atoms. The quantitative estimate of drug-likeness (QED) is 0.622. The number of rotatable bonds is 5. The van der Waals surface area contributed by atoms with E-state index >= 15 is 0 Å². The molecule has 0 unspecified atom stereocenters. The monoisotopic (exact) mass is 421 g/mol. The van der Waals surface area contributed by atoms with Gasteiger partial charge in [0.15, 0.2) is 11.6 Å². The molecular weight excluding hydrogens is 393 g/mol. The average molecular weight is 422 g/mol. The van der Waals surface area contributed by atoms with Gasteiger partial charge in [-0.25, -0.2) is 4.39 Å². The van der Waals surface area contributed by atoms with Gasteiger partial charge < -0.3 is 14.2 Å². The van der Waals surface area contributed by atoms with Crippen molar-refractivity contribution in [2.24, 2.45) is 7.05 Å². The summed E-state index contributed by atoms with van der Waals surface area (Å²) in [4.78, 5) is 17.6. The Hall–Kier alpha value is -3.12. The van der Waals surface area contributed by atoms with Crippen molar-refractivity contribution in [3.63, 3.8) is 0 Å². The number of hydrogen-bond donors (Lipinski definition) is 0. The van der Waals surface area contributed by atoms with Crippen LogP contribution in [0.1, 0.15) is 21.6 Å². The minimum Gasteiger partial charge on any atom is -0.494 e. The number of nitrogens with zero attached hydrogens (tertiary/aromatic N) is 3. The Balaban J connectivity index is 1.45. The van der Waals surface area contributed by atoms with Gasteiger partial charge in [0, 0.05) is 51.5 Å². The Morgan fingerprint density at radius 3 is 2.42 bits per heavy atom. The van der Waals surface area contributed by atoms with Crippen molar-refractivity contribution in [3.05, 3.63) is 77.4 Å². The van der Waals surface area contributed by atoms with Crippen LogP contribution in [0.4, 0.5) is 4.39 Å². The van der Waals surface area contributed by atoms with E-state index in [-0.39, 0.29) is 17.5 Å². The summed E-state index contributed by atoms with van der Waals surface area (Å²) in [5.74, 6) is -0.0304. The molecule has 1 aromatic heterocycles.